The lowest BCUT2D eigenvalue weighted by Crippen LogP contribution is -2.39. The molecule has 3 rings (SSSR count). The first kappa shape index (κ1) is 20.2. The van der Waals surface area contributed by atoms with Gasteiger partial charge in [0.2, 0.25) is 5.91 Å². The third kappa shape index (κ3) is 5.99. The Balaban J connectivity index is 1.28. The summed E-state index contributed by atoms with van der Waals surface area (Å²) in [6, 6.07) is 7.45. The average molecular weight is 377 g/mol. The number of amides is 1. The summed E-state index contributed by atoms with van der Waals surface area (Å²) >= 11 is 0. The maximum Gasteiger partial charge on any atom is 0.225 e. The molecule has 6 heteroatoms. The van der Waals surface area contributed by atoms with Gasteiger partial charge in [-0.3, -0.25) is 15.6 Å². The third-order valence-corrected chi connectivity index (χ3v) is 5.87. The second-order valence-electron chi connectivity index (χ2n) is 7.96. The molecule has 1 amide bonds. The minimum Gasteiger partial charge on any atom is -0.346 e. The second-order valence-corrected chi connectivity index (χ2v) is 7.96. The van der Waals surface area contributed by atoms with Crippen molar-refractivity contribution in [1.82, 2.24) is 21.1 Å². The van der Waals surface area contributed by atoms with Crippen LogP contribution in [0.1, 0.15) is 56.6 Å². The first-order valence-electron chi connectivity index (χ1n) is 10.4. The van der Waals surface area contributed by atoms with Gasteiger partial charge in [0.05, 0.1) is 0 Å². The quantitative estimate of drug-likeness (QED) is 0.611. The summed E-state index contributed by atoms with van der Waals surface area (Å²) in [5.41, 5.74) is 7.82. The molecule has 2 heterocycles. The van der Waals surface area contributed by atoms with Crippen LogP contribution in [0.2, 0.25) is 0 Å². The van der Waals surface area contributed by atoms with Gasteiger partial charge in [-0.2, -0.15) is 0 Å². The number of hydrazine groups is 1. The summed E-state index contributed by atoms with van der Waals surface area (Å²) in [4.78, 5) is 14.3. The number of hydrogen-bond donors (Lipinski definition) is 3. The van der Waals surface area contributed by atoms with Gasteiger partial charge in [0.15, 0.2) is 0 Å². The van der Waals surface area contributed by atoms with E-state index in [0.717, 1.165) is 70.1 Å². The van der Waals surface area contributed by atoms with E-state index in [-0.39, 0.29) is 17.8 Å². The van der Waals surface area contributed by atoms with Crippen LogP contribution in [0, 0.1) is 11.7 Å². The Kier molecular flexibility index (Phi) is 7.61. The molecular weight excluding hydrogens is 343 g/mol. The summed E-state index contributed by atoms with van der Waals surface area (Å²) in [6.45, 7) is 2.79. The number of nitrogens with zero attached hydrogens (tertiary/aromatic N) is 1. The van der Waals surface area contributed by atoms with Crippen molar-refractivity contribution >= 4 is 5.91 Å². The van der Waals surface area contributed by atoms with Gasteiger partial charge in [-0.05, 0) is 62.9 Å². The van der Waals surface area contributed by atoms with Gasteiger partial charge in [-0.15, -0.1) is 0 Å². The zero-order valence-electron chi connectivity index (χ0n) is 16.3. The highest BCUT2D eigenvalue weighted by Crippen LogP contribution is 2.24. The van der Waals surface area contributed by atoms with Crippen LogP contribution < -0.4 is 16.2 Å². The highest BCUT2D eigenvalue weighted by atomic mass is 19.1. The first-order chi connectivity index (χ1) is 13.1. The fourth-order valence-electron chi connectivity index (χ4n) is 4.13. The highest BCUT2D eigenvalue weighted by molar-refractivity contribution is 5.78. The zero-order chi connectivity index (χ0) is 19.1. The Morgan fingerprint density at radius 1 is 1.11 bits per heavy atom. The van der Waals surface area contributed by atoms with Gasteiger partial charge < -0.3 is 10.2 Å². The number of rotatable bonds is 8. The van der Waals surface area contributed by atoms with Crippen molar-refractivity contribution in [1.29, 1.82) is 0 Å². The summed E-state index contributed by atoms with van der Waals surface area (Å²) in [7, 11) is 1.94. The van der Waals surface area contributed by atoms with Crippen molar-refractivity contribution < 1.29 is 9.18 Å². The van der Waals surface area contributed by atoms with Crippen molar-refractivity contribution in [3.05, 3.63) is 35.6 Å². The van der Waals surface area contributed by atoms with E-state index in [9.17, 15) is 9.18 Å². The number of nitrogens with one attached hydrogen (secondary N) is 3. The van der Waals surface area contributed by atoms with E-state index in [4.69, 9.17) is 0 Å². The summed E-state index contributed by atoms with van der Waals surface area (Å²) in [6.07, 6.45) is 7.46. The molecule has 2 aliphatic heterocycles. The predicted octanol–water partition coefficient (Wildman–Crippen LogP) is 2.75. The Bertz CT molecular complexity index is 588. The maximum atomic E-state index is 13.0. The summed E-state index contributed by atoms with van der Waals surface area (Å²) in [5, 5.41) is 3.31. The summed E-state index contributed by atoms with van der Waals surface area (Å²) in [5.74, 6) is 0.346. The molecule has 27 heavy (non-hydrogen) atoms. The number of benzene rings is 1. The minimum atomic E-state index is -0.190. The molecule has 0 aromatic heterocycles. The Labute approximate surface area is 162 Å². The number of unbranched alkanes of at least 4 members (excludes halogenated alkanes) is 2. The van der Waals surface area contributed by atoms with Crippen LogP contribution in [0.4, 0.5) is 4.39 Å². The molecule has 1 aromatic rings. The van der Waals surface area contributed by atoms with Crippen molar-refractivity contribution in [3.8, 4) is 0 Å². The largest absolute Gasteiger partial charge is 0.346 e. The molecule has 2 saturated heterocycles. The lowest BCUT2D eigenvalue weighted by molar-refractivity contribution is -0.135. The molecule has 2 unspecified atom stereocenters. The van der Waals surface area contributed by atoms with Crippen LogP contribution in [-0.4, -0.2) is 43.5 Å². The van der Waals surface area contributed by atoms with E-state index in [2.05, 4.69) is 16.2 Å². The Morgan fingerprint density at radius 3 is 2.59 bits per heavy atom. The van der Waals surface area contributed by atoms with E-state index >= 15 is 0 Å². The molecule has 1 aromatic carbocycles. The third-order valence-electron chi connectivity index (χ3n) is 5.87. The molecule has 0 bridgehead atoms. The molecule has 150 valence electrons. The molecule has 0 saturated carbocycles. The van der Waals surface area contributed by atoms with Crippen molar-refractivity contribution in [2.75, 3.05) is 26.7 Å². The topological polar surface area (TPSA) is 56.4 Å². The first-order valence-corrected chi connectivity index (χ1v) is 10.4. The monoisotopic (exact) mass is 376 g/mol. The van der Waals surface area contributed by atoms with Gasteiger partial charge in [-0.25, -0.2) is 4.39 Å². The molecule has 2 aliphatic rings. The van der Waals surface area contributed by atoms with E-state index < -0.39 is 0 Å². The molecule has 5 nitrogen and oxygen atoms in total. The van der Waals surface area contributed by atoms with Crippen LogP contribution in [0.25, 0.3) is 0 Å². The standard InChI is InChI=1S/C21H33FN4O/c1-26(21(27)17-10-12-23-13-11-17)14-4-2-3-5-19-15-20(25-24-19)16-6-8-18(22)9-7-16/h6-9,17,19-20,23-25H,2-5,10-15H2,1H3. The van der Waals surface area contributed by atoms with Gasteiger partial charge in [0.1, 0.15) is 5.82 Å². The van der Waals surface area contributed by atoms with Gasteiger partial charge in [-0.1, -0.05) is 25.0 Å². The van der Waals surface area contributed by atoms with E-state index in [1.807, 2.05) is 24.1 Å². The zero-order valence-corrected chi connectivity index (χ0v) is 16.3. The predicted molar refractivity (Wildman–Crippen MR) is 106 cm³/mol. The fraction of sp³-hybridized carbons (Fsp3) is 0.667. The van der Waals surface area contributed by atoms with Gasteiger partial charge in [0, 0.05) is 31.6 Å². The number of piperidine rings is 1. The van der Waals surface area contributed by atoms with Crippen molar-refractivity contribution in [2.24, 2.45) is 5.92 Å². The lowest BCUT2D eigenvalue weighted by Gasteiger charge is -2.27. The highest BCUT2D eigenvalue weighted by Gasteiger charge is 2.25. The van der Waals surface area contributed by atoms with Crippen LogP contribution in [-0.2, 0) is 4.79 Å². The Morgan fingerprint density at radius 2 is 1.85 bits per heavy atom. The molecule has 0 aliphatic carbocycles. The smallest absolute Gasteiger partial charge is 0.225 e. The van der Waals surface area contributed by atoms with Gasteiger partial charge >= 0.3 is 0 Å². The Hall–Kier alpha value is -1.50. The number of carbonyl (C=O) groups excluding carboxylic acids is 1. The average Bonchev–Trinajstić information content (AvgIpc) is 3.17. The van der Waals surface area contributed by atoms with Crippen molar-refractivity contribution in [2.45, 2.75) is 57.0 Å². The van der Waals surface area contributed by atoms with Gasteiger partial charge in [0.25, 0.3) is 0 Å². The van der Waals surface area contributed by atoms with E-state index in [1.165, 1.54) is 12.1 Å². The maximum absolute atomic E-state index is 13.0. The normalized spacial score (nSPS) is 23.5. The van der Waals surface area contributed by atoms with E-state index in [0.29, 0.717) is 11.9 Å². The number of hydrogen-bond acceptors (Lipinski definition) is 4. The van der Waals surface area contributed by atoms with Crippen LogP contribution in [0.5, 0.6) is 0 Å². The molecule has 0 radical (unpaired) electrons. The van der Waals surface area contributed by atoms with Crippen LogP contribution >= 0.6 is 0 Å². The van der Waals surface area contributed by atoms with E-state index in [1.54, 1.807) is 0 Å². The van der Waals surface area contributed by atoms with Crippen LogP contribution in [0.15, 0.2) is 24.3 Å². The number of halogens is 1. The van der Waals surface area contributed by atoms with Crippen LogP contribution in [0.3, 0.4) is 0 Å². The molecule has 2 fully saturated rings. The minimum absolute atomic E-state index is 0.190. The molecule has 2 atom stereocenters. The second kappa shape index (κ2) is 10.2. The SMILES string of the molecule is CN(CCCCCC1CC(c2ccc(F)cc2)NN1)C(=O)C1CCNCC1. The molecule has 0 spiro atoms. The molecule has 3 N–H and O–H groups in total. The molecular formula is C21H33FN4O. The fourth-order valence-corrected chi connectivity index (χ4v) is 4.13. The number of carbonyl (C=O) groups is 1. The van der Waals surface area contributed by atoms with Crippen molar-refractivity contribution in [3.63, 3.8) is 0 Å². The summed E-state index contributed by atoms with van der Waals surface area (Å²) < 4.78 is 13.0. The lowest BCUT2D eigenvalue weighted by atomic mass is 9.96.